The Kier molecular flexibility index (Phi) is 3.81. The van der Waals surface area contributed by atoms with Gasteiger partial charge in [-0.1, -0.05) is 36.4 Å². The predicted molar refractivity (Wildman–Crippen MR) is 112 cm³/mol. The highest BCUT2D eigenvalue weighted by atomic mass is 16.6. The molecule has 5 aromatic rings. The second-order valence-corrected chi connectivity index (χ2v) is 7.28. The molecule has 0 bridgehead atoms. The molecule has 0 saturated heterocycles. The van der Waals surface area contributed by atoms with Crippen LogP contribution in [0.15, 0.2) is 65.1 Å². The molecular formula is C23H19N3O3. The molecule has 0 unspecified atom stereocenters. The first-order valence-corrected chi connectivity index (χ1v) is 9.43. The molecule has 144 valence electrons. The zero-order chi connectivity index (χ0) is 20.1. The minimum atomic E-state index is -0.495. The van der Waals surface area contributed by atoms with Gasteiger partial charge < -0.3 is 14.4 Å². The third kappa shape index (κ3) is 2.64. The van der Waals surface area contributed by atoms with E-state index in [1.54, 1.807) is 6.07 Å². The van der Waals surface area contributed by atoms with Crippen LogP contribution in [0.2, 0.25) is 0 Å². The maximum absolute atomic E-state index is 11.3. The molecular weight excluding hydrogens is 366 g/mol. The fourth-order valence-corrected chi connectivity index (χ4v) is 4.37. The van der Waals surface area contributed by atoms with Crippen LogP contribution >= 0.6 is 0 Å². The Morgan fingerprint density at radius 3 is 1.83 bits per heavy atom. The number of furan rings is 1. The summed E-state index contributed by atoms with van der Waals surface area (Å²) in [6, 6.07) is 19.3. The summed E-state index contributed by atoms with van der Waals surface area (Å²) in [5.74, 6) is 0.0217. The van der Waals surface area contributed by atoms with Gasteiger partial charge in [-0.25, -0.2) is 0 Å². The predicted octanol–water partition coefficient (Wildman–Crippen LogP) is 5.95. The normalized spacial score (nSPS) is 11.7. The molecule has 0 amide bonds. The van der Waals surface area contributed by atoms with Crippen molar-refractivity contribution >= 4 is 27.7 Å². The number of rotatable bonds is 4. The summed E-state index contributed by atoms with van der Waals surface area (Å²) in [4.78, 5) is 17.7. The number of hydrogen-bond acceptors (Lipinski definition) is 3. The smallest absolute Gasteiger partial charge is 0.405 e. The zero-order valence-corrected chi connectivity index (χ0v) is 16.0. The molecule has 6 nitrogen and oxygen atoms in total. The summed E-state index contributed by atoms with van der Waals surface area (Å²) in [6.45, 7) is 4.06. The first-order chi connectivity index (χ1) is 14.0. The van der Waals surface area contributed by atoms with Gasteiger partial charge in [0, 0.05) is 33.2 Å². The van der Waals surface area contributed by atoms with E-state index in [1.165, 1.54) is 6.07 Å². The van der Waals surface area contributed by atoms with Gasteiger partial charge in [-0.15, -0.1) is 0 Å². The lowest BCUT2D eigenvalue weighted by Gasteiger charge is -2.17. The van der Waals surface area contributed by atoms with Gasteiger partial charge in [0.05, 0.1) is 12.0 Å². The Hall–Kier alpha value is -3.80. The molecule has 2 N–H and O–H groups in total. The van der Waals surface area contributed by atoms with Crippen LogP contribution in [0.3, 0.4) is 0 Å². The average Bonchev–Trinajstić information content (AvgIpc) is 3.39. The standard InChI is InChI=1S/C23H19N3O3/c1-13-21(15-7-3-5-9-17(15)24-13)23(19-11-12-20(29-19)26(27)28)22-14(2)25-18-10-6-4-8-16(18)22/h3-12,23-25H,1-2H3. The first kappa shape index (κ1) is 17.3. The van der Waals surface area contributed by atoms with Crippen molar-refractivity contribution in [3.05, 3.63) is 99.1 Å². The van der Waals surface area contributed by atoms with Gasteiger partial charge in [0.15, 0.2) is 0 Å². The van der Waals surface area contributed by atoms with Crippen molar-refractivity contribution in [1.29, 1.82) is 0 Å². The van der Waals surface area contributed by atoms with Crippen molar-refractivity contribution in [2.45, 2.75) is 19.8 Å². The molecule has 0 atom stereocenters. The number of hydrogen-bond donors (Lipinski definition) is 2. The van der Waals surface area contributed by atoms with Gasteiger partial charge in [-0.05, 0) is 43.2 Å². The SMILES string of the molecule is Cc1[nH]c2ccccc2c1C(c1ccc([N+](=O)[O-])o1)c1c(C)[nH]c2ccccc12. The summed E-state index contributed by atoms with van der Waals surface area (Å²) in [5.41, 5.74) is 6.22. The second-order valence-electron chi connectivity index (χ2n) is 7.28. The number of para-hydroxylation sites is 2. The van der Waals surface area contributed by atoms with Crippen molar-refractivity contribution < 1.29 is 9.34 Å². The Morgan fingerprint density at radius 2 is 1.34 bits per heavy atom. The quantitative estimate of drug-likeness (QED) is 0.296. The van der Waals surface area contributed by atoms with E-state index in [1.807, 2.05) is 50.2 Å². The maximum Gasteiger partial charge on any atom is 0.433 e. The fraction of sp³-hybridized carbons (Fsp3) is 0.130. The molecule has 3 heterocycles. The van der Waals surface area contributed by atoms with E-state index in [-0.39, 0.29) is 11.8 Å². The molecule has 0 radical (unpaired) electrons. The van der Waals surface area contributed by atoms with Gasteiger partial charge >= 0.3 is 5.88 Å². The lowest BCUT2D eigenvalue weighted by atomic mass is 9.85. The molecule has 5 rings (SSSR count). The molecule has 2 aromatic carbocycles. The van der Waals surface area contributed by atoms with Crippen LogP contribution in [-0.2, 0) is 0 Å². The molecule has 3 aromatic heterocycles. The van der Waals surface area contributed by atoms with E-state index in [2.05, 4.69) is 22.1 Å². The van der Waals surface area contributed by atoms with E-state index in [0.717, 1.165) is 44.3 Å². The number of nitrogens with zero attached hydrogens (tertiary/aromatic N) is 1. The van der Waals surface area contributed by atoms with Crippen molar-refractivity contribution in [3.63, 3.8) is 0 Å². The lowest BCUT2D eigenvalue weighted by molar-refractivity contribution is -0.402. The Bertz CT molecular complexity index is 1290. The summed E-state index contributed by atoms with van der Waals surface area (Å²) >= 11 is 0. The number of aromatic amines is 2. The number of benzene rings is 2. The van der Waals surface area contributed by atoms with Crippen molar-refractivity contribution in [2.75, 3.05) is 0 Å². The van der Waals surface area contributed by atoms with E-state index >= 15 is 0 Å². The van der Waals surface area contributed by atoms with Crippen molar-refractivity contribution in [2.24, 2.45) is 0 Å². The minimum Gasteiger partial charge on any atom is -0.405 e. The summed E-state index contributed by atoms with van der Waals surface area (Å²) in [5, 5.41) is 13.4. The topological polar surface area (TPSA) is 87.9 Å². The van der Waals surface area contributed by atoms with Gasteiger partial charge in [0.2, 0.25) is 0 Å². The highest BCUT2D eigenvalue weighted by Crippen LogP contribution is 2.43. The minimum absolute atomic E-state index is 0.250. The first-order valence-electron chi connectivity index (χ1n) is 9.43. The maximum atomic E-state index is 11.3. The Morgan fingerprint density at radius 1 is 0.828 bits per heavy atom. The van der Waals surface area contributed by atoms with Crippen LogP contribution < -0.4 is 0 Å². The number of nitrogens with one attached hydrogen (secondary N) is 2. The third-order valence-corrected chi connectivity index (χ3v) is 5.54. The number of H-pyrrole nitrogens is 2. The Balaban J connectivity index is 1.85. The highest BCUT2D eigenvalue weighted by molar-refractivity contribution is 5.90. The molecule has 0 aliphatic heterocycles. The molecule has 0 fully saturated rings. The Labute approximate surface area is 166 Å². The summed E-state index contributed by atoms with van der Waals surface area (Å²) in [7, 11) is 0. The fourth-order valence-electron chi connectivity index (χ4n) is 4.37. The zero-order valence-electron chi connectivity index (χ0n) is 16.0. The number of aromatic nitrogens is 2. The van der Waals surface area contributed by atoms with Crippen molar-refractivity contribution in [1.82, 2.24) is 9.97 Å². The third-order valence-electron chi connectivity index (χ3n) is 5.54. The van der Waals surface area contributed by atoms with Crippen LogP contribution in [0.5, 0.6) is 0 Å². The molecule has 29 heavy (non-hydrogen) atoms. The van der Waals surface area contributed by atoms with Crippen LogP contribution in [0.4, 0.5) is 5.88 Å². The van der Waals surface area contributed by atoms with E-state index in [9.17, 15) is 10.1 Å². The van der Waals surface area contributed by atoms with E-state index in [0.29, 0.717) is 5.76 Å². The molecule has 0 aliphatic rings. The van der Waals surface area contributed by atoms with Crippen LogP contribution in [-0.4, -0.2) is 14.9 Å². The molecule has 0 spiro atoms. The van der Waals surface area contributed by atoms with Crippen LogP contribution in [0.1, 0.15) is 34.2 Å². The number of nitro groups is 1. The summed E-state index contributed by atoms with van der Waals surface area (Å²) < 4.78 is 5.74. The monoisotopic (exact) mass is 385 g/mol. The summed E-state index contributed by atoms with van der Waals surface area (Å²) in [6.07, 6.45) is 0. The largest absolute Gasteiger partial charge is 0.433 e. The average molecular weight is 385 g/mol. The number of aryl methyl sites for hydroxylation is 2. The molecule has 0 saturated carbocycles. The van der Waals surface area contributed by atoms with Crippen LogP contribution in [0.25, 0.3) is 21.8 Å². The van der Waals surface area contributed by atoms with E-state index in [4.69, 9.17) is 4.42 Å². The van der Waals surface area contributed by atoms with Crippen LogP contribution in [0, 0.1) is 24.0 Å². The molecule has 6 heteroatoms. The van der Waals surface area contributed by atoms with Crippen molar-refractivity contribution in [3.8, 4) is 0 Å². The van der Waals surface area contributed by atoms with Gasteiger partial charge in [0.1, 0.15) is 10.7 Å². The van der Waals surface area contributed by atoms with Gasteiger partial charge in [0.25, 0.3) is 0 Å². The second kappa shape index (κ2) is 6.38. The number of fused-ring (bicyclic) bond motifs is 2. The van der Waals surface area contributed by atoms with Gasteiger partial charge in [-0.3, -0.25) is 10.1 Å². The molecule has 0 aliphatic carbocycles. The van der Waals surface area contributed by atoms with Gasteiger partial charge in [-0.2, -0.15) is 0 Å². The lowest BCUT2D eigenvalue weighted by Crippen LogP contribution is -2.05. The highest BCUT2D eigenvalue weighted by Gasteiger charge is 2.30. The van der Waals surface area contributed by atoms with E-state index < -0.39 is 4.92 Å².